The highest BCUT2D eigenvalue weighted by atomic mass is 32.1. The van der Waals surface area contributed by atoms with Crippen molar-refractivity contribution in [3.63, 3.8) is 0 Å². The summed E-state index contributed by atoms with van der Waals surface area (Å²) in [5, 5.41) is 7.51. The van der Waals surface area contributed by atoms with Gasteiger partial charge in [0.25, 0.3) is 5.56 Å². The Balaban J connectivity index is 1.90. The van der Waals surface area contributed by atoms with Gasteiger partial charge < -0.3 is 15.6 Å². The summed E-state index contributed by atoms with van der Waals surface area (Å²) in [6.45, 7) is 6.43. The lowest BCUT2D eigenvalue weighted by molar-refractivity contribution is 0.240. The van der Waals surface area contributed by atoms with Crippen molar-refractivity contribution in [1.29, 1.82) is 0 Å². The smallest absolute Gasteiger partial charge is 0.315 e. The van der Waals surface area contributed by atoms with E-state index in [1.54, 1.807) is 11.3 Å². The number of aromatic nitrogens is 1. The predicted molar refractivity (Wildman–Crippen MR) is 84.7 cm³/mol. The number of pyridine rings is 1. The third kappa shape index (κ3) is 3.95. The Morgan fingerprint density at radius 3 is 2.52 bits per heavy atom. The van der Waals surface area contributed by atoms with Crippen molar-refractivity contribution in [1.82, 2.24) is 15.6 Å². The number of carbonyl (C=O) groups is 1. The van der Waals surface area contributed by atoms with E-state index in [1.807, 2.05) is 38.3 Å². The molecule has 3 N–H and O–H groups in total. The summed E-state index contributed by atoms with van der Waals surface area (Å²) < 4.78 is 0. The molecule has 0 aromatic carbocycles. The highest BCUT2D eigenvalue weighted by Crippen LogP contribution is 2.14. The fourth-order valence-electron chi connectivity index (χ4n) is 2.08. The Morgan fingerprint density at radius 1 is 1.19 bits per heavy atom. The number of hydrogen-bond acceptors (Lipinski definition) is 3. The van der Waals surface area contributed by atoms with E-state index in [2.05, 4.69) is 15.6 Å². The van der Waals surface area contributed by atoms with Gasteiger partial charge in [0, 0.05) is 16.1 Å². The fraction of sp³-hybridized carbons (Fsp3) is 0.333. The van der Waals surface area contributed by atoms with Gasteiger partial charge in [0.2, 0.25) is 0 Å². The molecule has 0 aliphatic rings. The maximum absolute atomic E-state index is 11.8. The number of carbonyl (C=O) groups excluding carboxylic acids is 1. The number of urea groups is 1. The van der Waals surface area contributed by atoms with Gasteiger partial charge in [0.1, 0.15) is 0 Å². The summed E-state index contributed by atoms with van der Waals surface area (Å²) >= 11 is 1.61. The highest BCUT2D eigenvalue weighted by Gasteiger charge is 2.08. The second-order valence-electron chi connectivity index (χ2n) is 5.01. The summed E-state index contributed by atoms with van der Waals surface area (Å²) in [7, 11) is 0. The van der Waals surface area contributed by atoms with Gasteiger partial charge in [-0.25, -0.2) is 4.79 Å². The van der Waals surface area contributed by atoms with Gasteiger partial charge in [-0.3, -0.25) is 4.79 Å². The molecular formula is C15H19N3O2S. The molecule has 0 fully saturated rings. The van der Waals surface area contributed by atoms with Gasteiger partial charge in [-0.1, -0.05) is 0 Å². The molecule has 0 saturated heterocycles. The molecule has 2 heterocycles. The van der Waals surface area contributed by atoms with Crippen LogP contribution in [0.25, 0.3) is 0 Å². The van der Waals surface area contributed by atoms with Crippen LogP contribution in [0.5, 0.6) is 0 Å². The monoisotopic (exact) mass is 305 g/mol. The van der Waals surface area contributed by atoms with Gasteiger partial charge in [-0.15, -0.1) is 11.3 Å². The number of H-pyrrole nitrogens is 1. The molecule has 0 spiro atoms. The molecule has 0 unspecified atom stereocenters. The third-order valence-electron chi connectivity index (χ3n) is 3.30. The van der Waals surface area contributed by atoms with E-state index in [-0.39, 0.29) is 18.1 Å². The average Bonchev–Trinajstić information content (AvgIpc) is 2.80. The summed E-state index contributed by atoms with van der Waals surface area (Å²) in [5.41, 5.74) is 3.31. The quantitative estimate of drug-likeness (QED) is 0.811. The third-order valence-corrected chi connectivity index (χ3v) is 4.32. The standard InChI is InChI=1S/C15H19N3O2S/c1-9-4-5-21-13(9)8-17-15(20)16-7-12-10(2)6-11(3)18-14(12)19/h4-6H,7-8H2,1-3H3,(H,18,19)(H2,16,17,20). The number of amides is 2. The minimum atomic E-state index is -0.276. The van der Waals surface area contributed by atoms with E-state index >= 15 is 0 Å². The molecular weight excluding hydrogens is 286 g/mol. The second-order valence-corrected chi connectivity index (χ2v) is 6.01. The van der Waals surface area contributed by atoms with Crippen molar-refractivity contribution >= 4 is 17.4 Å². The van der Waals surface area contributed by atoms with E-state index in [0.717, 1.165) is 16.1 Å². The first-order valence-corrected chi connectivity index (χ1v) is 7.59. The maximum atomic E-state index is 11.8. The van der Waals surface area contributed by atoms with E-state index in [4.69, 9.17) is 0 Å². The molecule has 2 aromatic heterocycles. The van der Waals surface area contributed by atoms with Crippen LogP contribution in [0.4, 0.5) is 4.79 Å². The predicted octanol–water partition coefficient (Wildman–Crippen LogP) is 2.36. The first-order valence-electron chi connectivity index (χ1n) is 6.71. The lowest BCUT2D eigenvalue weighted by Gasteiger charge is -2.09. The van der Waals surface area contributed by atoms with E-state index in [9.17, 15) is 9.59 Å². The first kappa shape index (κ1) is 15.3. The summed E-state index contributed by atoms with van der Waals surface area (Å²) in [5.74, 6) is 0. The zero-order valence-electron chi connectivity index (χ0n) is 12.4. The number of rotatable bonds is 4. The summed E-state index contributed by atoms with van der Waals surface area (Å²) in [6.07, 6.45) is 0. The Morgan fingerprint density at radius 2 is 1.90 bits per heavy atom. The van der Waals surface area contributed by atoms with E-state index < -0.39 is 0 Å². The molecule has 2 aromatic rings. The van der Waals surface area contributed by atoms with Crippen LogP contribution in [0.15, 0.2) is 22.3 Å². The number of aryl methyl sites for hydroxylation is 3. The Bertz CT molecular complexity index is 703. The number of hydrogen-bond donors (Lipinski definition) is 3. The molecule has 112 valence electrons. The van der Waals surface area contributed by atoms with E-state index in [0.29, 0.717) is 12.1 Å². The highest BCUT2D eigenvalue weighted by molar-refractivity contribution is 7.10. The molecule has 6 heteroatoms. The van der Waals surface area contributed by atoms with Gasteiger partial charge in [0.05, 0.1) is 13.1 Å². The van der Waals surface area contributed by atoms with Crippen molar-refractivity contribution in [2.45, 2.75) is 33.9 Å². The number of aromatic amines is 1. The minimum absolute atomic E-state index is 0.151. The molecule has 0 aliphatic heterocycles. The Hall–Kier alpha value is -2.08. The molecule has 0 aliphatic carbocycles. The number of thiophene rings is 1. The van der Waals surface area contributed by atoms with Crippen LogP contribution < -0.4 is 16.2 Å². The molecule has 2 rings (SSSR count). The van der Waals surface area contributed by atoms with Crippen LogP contribution >= 0.6 is 11.3 Å². The van der Waals surface area contributed by atoms with Crippen LogP contribution in [0, 0.1) is 20.8 Å². The normalized spacial score (nSPS) is 10.4. The van der Waals surface area contributed by atoms with Crippen LogP contribution in [-0.4, -0.2) is 11.0 Å². The lowest BCUT2D eigenvalue weighted by Crippen LogP contribution is -2.36. The molecule has 0 bridgehead atoms. The molecule has 2 amide bonds. The lowest BCUT2D eigenvalue weighted by atomic mass is 10.1. The van der Waals surface area contributed by atoms with E-state index in [1.165, 1.54) is 5.56 Å². The SMILES string of the molecule is Cc1cc(C)c(CNC(=O)NCc2sccc2C)c(=O)[nH]1. The molecule has 5 nitrogen and oxygen atoms in total. The maximum Gasteiger partial charge on any atom is 0.315 e. The largest absolute Gasteiger partial charge is 0.334 e. The topological polar surface area (TPSA) is 74.0 Å². The zero-order chi connectivity index (χ0) is 15.4. The van der Waals surface area contributed by atoms with Gasteiger partial charge in [-0.05, 0) is 49.4 Å². The van der Waals surface area contributed by atoms with Crippen molar-refractivity contribution in [2.24, 2.45) is 0 Å². The zero-order valence-corrected chi connectivity index (χ0v) is 13.2. The Kier molecular flexibility index (Phi) is 4.80. The van der Waals surface area contributed by atoms with Crippen LogP contribution in [0.3, 0.4) is 0 Å². The van der Waals surface area contributed by atoms with Crippen LogP contribution in [0.2, 0.25) is 0 Å². The van der Waals surface area contributed by atoms with Crippen molar-refractivity contribution in [2.75, 3.05) is 0 Å². The van der Waals surface area contributed by atoms with Crippen LogP contribution in [-0.2, 0) is 13.1 Å². The second kappa shape index (κ2) is 6.58. The fourth-order valence-corrected chi connectivity index (χ4v) is 2.92. The van der Waals surface area contributed by atoms with Crippen LogP contribution in [0.1, 0.15) is 27.3 Å². The Labute approximate surface area is 127 Å². The van der Waals surface area contributed by atoms with Crippen molar-refractivity contribution in [3.05, 3.63) is 55.1 Å². The molecule has 0 radical (unpaired) electrons. The molecule has 0 saturated carbocycles. The van der Waals surface area contributed by atoms with Gasteiger partial charge >= 0.3 is 6.03 Å². The first-order chi connectivity index (χ1) is 9.97. The van der Waals surface area contributed by atoms with Crippen molar-refractivity contribution < 1.29 is 4.79 Å². The summed E-state index contributed by atoms with van der Waals surface area (Å²) in [4.78, 5) is 27.5. The molecule has 0 atom stereocenters. The number of nitrogens with one attached hydrogen (secondary N) is 3. The summed E-state index contributed by atoms with van der Waals surface area (Å²) in [6, 6.07) is 3.64. The minimum Gasteiger partial charge on any atom is -0.334 e. The average molecular weight is 305 g/mol. The van der Waals surface area contributed by atoms with Gasteiger partial charge in [0.15, 0.2) is 0 Å². The molecule has 21 heavy (non-hydrogen) atoms. The van der Waals surface area contributed by atoms with Gasteiger partial charge in [-0.2, -0.15) is 0 Å². The van der Waals surface area contributed by atoms with Crippen molar-refractivity contribution in [3.8, 4) is 0 Å².